The SMILES string of the molecule is COc1cccc(C2C(C(=O)c3cc4cc(Cl)ccc4o3)=C(O)C(=O)N2c2ccc(C(C)(C)C)cc2)c1. The molecule has 1 N–H and O–H groups in total. The highest BCUT2D eigenvalue weighted by molar-refractivity contribution is 6.31. The average Bonchev–Trinajstić information content (AvgIpc) is 3.41. The van der Waals surface area contributed by atoms with Gasteiger partial charge in [-0.15, -0.1) is 0 Å². The lowest BCUT2D eigenvalue weighted by atomic mass is 9.87. The van der Waals surface area contributed by atoms with Gasteiger partial charge in [-0.25, -0.2) is 0 Å². The number of hydrogen-bond acceptors (Lipinski definition) is 5. The lowest BCUT2D eigenvalue weighted by Crippen LogP contribution is -2.31. The molecule has 0 radical (unpaired) electrons. The van der Waals surface area contributed by atoms with Crippen LogP contribution in [0, 0.1) is 0 Å². The van der Waals surface area contributed by atoms with E-state index < -0.39 is 23.5 Å². The largest absolute Gasteiger partial charge is 0.503 e. The second kappa shape index (κ2) is 9.12. The Morgan fingerprint density at radius 2 is 1.76 bits per heavy atom. The van der Waals surface area contributed by atoms with E-state index >= 15 is 0 Å². The van der Waals surface area contributed by atoms with Crippen molar-refractivity contribution in [3.8, 4) is 5.75 Å². The van der Waals surface area contributed by atoms with Gasteiger partial charge in [0.1, 0.15) is 11.3 Å². The molecule has 5 rings (SSSR count). The number of anilines is 1. The Morgan fingerprint density at radius 3 is 2.43 bits per heavy atom. The molecule has 2 heterocycles. The molecule has 1 aliphatic rings. The Morgan fingerprint density at radius 1 is 1.03 bits per heavy atom. The second-order valence-electron chi connectivity index (χ2n) is 10.0. The van der Waals surface area contributed by atoms with Gasteiger partial charge in [0.05, 0.1) is 18.7 Å². The molecule has 6 nitrogen and oxygen atoms in total. The number of ketones is 1. The number of benzene rings is 3. The summed E-state index contributed by atoms with van der Waals surface area (Å²) in [5.74, 6) is -1.30. The van der Waals surface area contributed by atoms with E-state index in [4.69, 9.17) is 20.8 Å². The third kappa shape index (κ3) is 4.38. The number of Topliss-reactive ketones (excluding diaryl/α,β-unsaturated/α-hetero) is 1. The van der Waals surface area contributed by atoms with Crippen molar-refractivity contribution < 1.29 is 23.8 Å². The summed E-state index contributed by atoms with van der Waals surface area (Å²) < 4.78 is 11.2. The first kappa shape index (κ1) is 24.7. The zero-order chi connectivity index (χ0) is 26.5. The predicted molar refractivity (Wildman–Crippen MR) is 144 cm³/mol. The van der Waals surface area contributed by atoms with Gasteiger partial charge in [-0.3, -0.25) is 14.5 Å². The Bertz CT molecular complexity index is 1560. The Hall–Kier alpha value is -4.03. The Balaban J connectivity index is 1.64. The van der Waals surface area contributed by atoms with Gasteiger partial charge < -0.3 is 14.3 Å². The summed E-state index contributed by atoms with van der Waals surface area (Å²) in [7, 11) is 1.54. The van der Waals surface area contributed by atoms with Crippen molar-refractivity contribution >= 4 is 39.9 Å². The van der Waals surface area contributed by atoms with Crippen molar-refractivity contribution in [3.63, 3.8) is 0 Å². The minimum Gasteiger partial charge on any atom is -0.503 e. The van der Waals surface area contributed by atoms with Crippen molar-refractivity contribution in [2.45, 2.75) is 32.2 Å². The normalized spacial score (nSPS) is 16.1. The van der Waals surface area contributed by atoms with E-state index in [1.807, 2.05) is 24.3 Å². The fourth-order valence-corrected chi connectivity index (χ4v) is 4.79. The van der Waals surface area contributed by atoms with Crippen LogP contribution in [0.1, 0.15) is 48.5 Å². The van der Waals surface area contributed by atoms with Crippen LogP contribution in [0.3, 0.4) is 0 Å². The number of halogens is 1. The number of methoxy groups -OCH3 is 1. The van der Waals surface area contributed by atoms with Crippen LogP contribution in [0.5, 0.6) is 5.75 Å². The van der Waals surface area contributed by atoms with Gasteiger partial charge in [-0.2, -0.15) is 0 Å². The molecule has 7 heteroatoms. The first-order valence-corrected chi connectivity index (χ1v) is 12.2. The van der Waals surface area contributed by atoms with Crippen molar-refractivity contribution in [3.05, 3.63) is 106 Å². The van der Waals surface area contributed by atoms with Crippen molar-refractivity contribution in [1.82, 2.24) is 0 Å². The number of amides is 1. The van der Waals surface area contributed by atoms with Crippen molar-refractivity contribution in [2.24, 2.45) is 0 Å². The van der Waals surface area contributed by atoms with Crippen molar-refractivity contribution in [1.29, 1.82) is 0 Å². The predicted octanol–water partition coefficient (Wildman–Crippen LogP) is 7.18. The molecule has 0 fully saturated rings. The highest BCUT2D eigenvalue weighted by Crippen LogP contribution is 2.43. The van der Waals surface area contributed by atoms with E-state index in [9.17, 15) is 14.7 Å². The molecule has 37 heavy (non-hydrogen) atoms. The van der Waals surface area contributed by atoms with E-state index in [1.54, 1.807) is 55.6 Å². The third-order valence-corrected chi connectivity index (χ3v) is 6.81. The number of furan rings is 1. The number of rotatable bonds is 5. The van der Waals surface area contributed by atoms with Gasteiger partial charge in [0, 0.05) is 16.1 Å². The molecule has 1 atom stereocenters. The maximum absolute atomic E-state index is 13.8. The Kier molecular flexibility index (Phi) is 6.08. The van der Waals surface area contributed by atoms with Gasteiger partial charge >= 0.3 is 0 Å². The lowest BCUT2D eigenvalue weighted by molar-refractivity contribution is -0.117. The highest BCUT2D eigenvalue weighted by Gasteiger charge is 2.45. The number of aliphatic hydroxyl groups is 1. The van der Waals surface area contributed by atoms with Crippen LogP contribution in [0.15, 0.2) is 88.5 Å². The Labute approximate surface area is 219 Å². The number of carbonyl (C=O) groups is 2. The average molecular weight is 516 g/mol. The molecule has 0 spiro atoms. The van der Waals surface area contributed by atoms with Crippen LogP contribution in [-0.2, 0) is 10.2 Å². The van der Waals surface area contributed by atoms with E-state index in [0.717, 1.165) is 5.56 Å². The molecular weight excluding hydrogens is 490 g/mol. The molecule has 4 aromatic rings. The molecule has 0 saturated heterocycles. The number of aliphatic hydroxyl groups excluding tert-OH is 1. The second-order valence-corrected chi connectivity index (χ2v) is 10.5. The molecule has 0 saturated carbocycles. The van der Waals surface area contributed by atoms with E-state index in [1.165, 1.54) is 4.90 Å². The molecule has 188 valence electrons. The zero-order valence-corrected chi connectivity index (χ0v) is 21.7. The van der Waals surface area contributed by atoms with E-state index in [0.29, 0.717) is 33.0 Å². The van der Waals surface area contributed by atoms with Gasteiger partial charge in [0.2, 0.25) is 5.78 Å². The van der Waals surface area contributed by atoms with E-state index in [-0.39, 0.29) is 16.7 Å². The number of hydrogen-bond donors (Lipinski definition) is 1. The number of fused-ring (bicyclic) bond motifs is 1. The molecule has 0 aliphatic carbocycles. The summed E-state index contributed by atoms with van der Waals surface area (Å²) in [6.07, 6.45) is 0. The molecule has 1 aliphatic heterocycles. The van der Waals surface area contributed by atoms with Crippen LogP contribution >= 0.6 is 11.6 Å². The minimum absolute atomic E-state index is 0.00411. The zero-order valence-electron chi connectivity index (χ0n) is 20.9. The molecular formula is C30H26ClNO5. The van der Waals surface area contributed by atoms with Crippen molar-refractivity contribution in [2.75, 3.05) is 12.0 Å². The molecule has 1 aromatic heterocycles. The standard InChI is InChI=1S/C30H26ClNO5/c1-30(2,3)19-8-11-21(12-9-19)32-26(17-6-5-7-22(15-17)36-4)25(28(34)29(32)35)27(33)24-16-18-14-20(31)10-13-23(18)37-24/h5-16,26,34H,1-4H3. The number of nitrogens with zero attached hydrogens (tertiary/aromatic N) is 1. The summed E-state index contributed by atoms with van der Waals surface area (Å²) >= 11 is 6.10. The van der Waals surface area contributed by atoms with E-state index in [2.05, 4.69) is 20.8 Å². The maximum Gasteiger partial charge on any atom is 0.294 e. The highest BCUT2D eigenvalue weighted by atomic mass is 35.5. The molecule has 0 bridgehead atoms. The summed E-state index contributed by atoms with van der Waals surface area (Å²) in [6, 6.07) is 20.3. The number of carbonyl (C=O) groups excluding carboxylic acids is 2. The fourth-order valence-electron chi connectivity index (χ4n) is 4.61. The summed E-state index contributed by atoms with van der Waals surface area (Å²) in [5.41, 5.74) is 2.59. The third-order valence-electron chi connectivity index (χ3n) is 6.58. The van der Waals surface area contributed by atoms with Gasteiger partial charge in [-0.05, 0) is 65.1 Å². The summed E-state index contributed by atoms with van der Waals surface area (Å²) in [4.78, 5) is 28.7. The summed E-state index contributed by atoms with van der Waals surface area (Å²) in [5, 5.41) is 12.2. The molecule has 1 unspecified atom stereocenters. The van der Waals surface area contributed by atoms with Gasteiger partial charge in [0.15, 0.2) is 11.5 Å². The maximum atomic E-state index is 13.8. The van der Waals surface area contributed by atoms with Gasteiger partial charge in [-0.1, -0.05) is 56.6 Å². The fraction of sp³-hybridized carbons (Fsp3) is 0.200. The monoisotopic (exact) mass is 515 g/mol. The van der Waals surface area contributed by atoms with Crippen LogP contribution in [-0.4, -0.2) is 23.9 Å². The number of ether oxygens (including phenoxy) is 1. The first-order valence-electron chi connectivity index (χ1n) is 11.8. The molecule has 3 aromatic carbocycles. The molecule has 1 amide bonds. The smallest absolute Gasteiger partial charge is 0.294 e. The first-order chi connectivity index (χ1) is 17.6. The quantitative estimate of drug-likeness (QED) is 0.285. The van der Waals surface area contributed by atoms with Crippen LogP contribution in [0.25, 0.3) is 11.0 Å². The lowest BCUT2D eigenvalue weighted by Gasteiger charge is -2.28. The van der Waals surface area contributed by atoms with Crippen LogP contribution in [0.4, 0.5) is 5.69 Å². The summed E-state index contributed by atoms with van der Waals surface area (Å²) in [6.45, 7) is 6.31. The van der Waals surface area contributed by atoms with Crippen LogP contribution in [0.2, 0.25) is 5.02 Å². The van der Waals surface area contributed by atoms with Gasteiger partial charge in [0.25, 0.3) is 5.91 Å². The van der Waals surface area contributed by atoms with Crippen LogP contribution < -0.4 is 9.64 Å². The minimum atomic E-state index is -0.896. The topological polar surface area (TPSA) is 80.0 Å².